The Bertz CT molecular complexity index is 1430. The molecule has 0 aromatic carbocycles. The first-order chi connectivity index (χ1) is 20.7. The lowest BCUT2D eigenvalue weighted by Gasteiger charge is -2.42. The summed E-state index contributed by atoms with van der Waals surface area (Å²) in [5.41, 5.74) is 3.09. The van der Waals surface area contributed by atoms with Crippen LogP contribution in [0.15, 0.2) is 40.6 Å². The van der Waals surface area contributed by atoms with Crippen molar-refractivity contribution in [1.82, 2.24) is 25.3 Å². The molecule has 2 saturated carbocycles. The van der Waals surface area contributed by atoms with E-state index in [2.05, 4.69) is 39.6 Å². The van der Waals surface area contributed by atoms with Gasteiger partial charge in [-0.1, -0.05) is 61.2 Å². The van der Waals surface area contributed by atoms with E-state index in [9.17, 15) is 13.6 Å². The molecule has 1 aliphatic heterocycles. The summed E-state index contributed by atoms with van der Waals surface area (Å²) in [6.45, 7) is 3.99. The molecule has 2 aromatic rings. The number of hydrogen-bond acceptors (Lipinski definition) is 9. The van der Waals surface area contributed by atoms with Crippen LogP contribution in [-0.4, -0.2) is 55.9 Å². The van der Waals surface area contributed by atoms with E-state index in [0.717, 1.165) is 52.1 Å². The van der Waals surface area contributed by atoms with Gasteiger partial charge in [0.25, 0.3) is 5.92 Å². The molecule has 4 aliphatic rings. The smallest absolute Gasteiger partial charge is 0.282 e. The molecule has 1 amide bonds. The van der Waals surface area contributed by atoms with E-state index in [4.69, 9.17) is 4.99 Å². The van der Waals surface area contributed by atoms with Crippen molar-refractivity contribution in [2.75, 3.05) is 18.4 Å². The van der Waals surface area contributed by atoms with Crippen LogP contribution < -0.4 is 5.32 Å². The number of alkyl halides is 2. The van der Waals surface area contributed by atoms with E-state index in [1.54, 1.807) is 16.2 Å². The number of likely N-dealkylation sites (tertiary alicyclic amines) is 1. The van der Waals surface area contributed by atoms with Crippen molar-refractivity contribution in [3.8, 4) is 0 Å². The van der Waals surface area contributed by atoms with Crippen molar-refractivity contribution in [1.29, 1.82) is 0 Å². The van der Waals surface area contributed by atoms with Crippen LogP contribution in [-0.2, 0) is 11.2 Å². The molecule has 3 fully saturated rings. The summed E-state index contributed by atoms with van der Waals surface area (Å²) in [6, 6.07) is 0. The van der Waals surface area contributed by atoms with Crippen LogP contribution in [0.5, 0.6) is 0 Å². The van der Waals surface area contributed by atoms with Gasteiger partial charge in [0.1, 0.15) is 10.0 Å². The second-order valence-electron chi connectivity index (χ2n) is 12.6. The van der Waals surface area contributed by atoms with Crippen molar-refractivity contribution in [2.24, 2.45) is 22.7 Å². The normalized spacial score (nSPS) is 25.4. The number of aliphatic imine (C=N–C) groups is 1. The van der Waals surface area contributed by atoms with Crippen LogP contribution in [0.1, 0.15) is 87.6 Å². The Kier molecular flexibility index (Phi) is 9.13. The Morgan fingerprint density at radius 2 is 1.98 bits per heavy atom. The standard InChI is InChI=1S/C31H39F2N7OS2/c1-19(2)27(22-12-13-22)35-30-38-36-26(42-30)16-21-8-3-9-23(14-21)28-37-39-29(43-28)34-25(41)15-20-6-4-10-24(11-5-7-20)40-17-31(32,33)18-40/h4,6-7,10,19,21-23H,3,5,8-9,11-18H2,1-2H3,(H,34,39,41)/b6-4?,20-7?,24-10+,35-27?. The fourth-order valence-electron chi connectivity index (χ4n) is 6.25. The van der Waals surface area contributed by atoms with Crippen molar-refractivity contribution >= 4 is 44.6 Å². The van der Waals surface area contributed by atoms with Crippen molar-refractivity contribution in [3.05, 3.63) is 45.6 Å². The Morgan fingerprint density at radius 1 is 1.14 bits per heavy atom. The van der Waals surface area contributed by atoms with Crippen LogP contribution in [0, 0.1) is 17.8 Å². The molecular formula is C31H39F2N7OS2. The third-order valence-corrected chi connectivity index (χ3v) is 10.4. The summed E-state index contributed by atoms with van der Waals surface area (Å²) in [5.74, 6) is -0.793. The van der Waals surface area contributed by atoms with Gasteiger partial charge in [-0.05, 0) is 74.3 Å². The highest BCUT2D eigenvalue weighted by Crippen LogP contribution is 2.40. The molecule has 1 N–H and O–H groups in total. The molecule has 2 aromatic heterocycles. The van der Waals surface area contributed by atoms with Gasteiger partial charge in [0.05, 0.1) is 19.5 Å². The summed E-state index contributed by atoms with van der Waals surface area (Å²) < 4.78 is 26.5. The maximum absolute atomic E-state index is 13.2. The minimum Gasteiger partial charge on any atom is -0.363 e. The van der Waals surface area contributed by atoms with Gasteiger partial charge in [-0.15, -0.1) is 20.4 Å². The molecule has 1 saturated heterocycles. The number of aromatic nitrogens is 4. The summed E-state index contributed by atoms with van der Waals surface area (Å²) in [7, 11) is 0. The number of halogens is 2. The number of allylic oxidation sites excluding steroid dienone is 5. The van der Waals surface area contributed by atoms with Crippen molar-refractivity contribution in [2.45, 2.75) is 89.9 Å². The third kappa shape index (κ3) is 8.00. The average Bonchev–Trinajstić information content (AvgIpc) is 3.50. The highest BCUT2D eigenvalue weighted by Gasteiger charge is 2.44. The molecule has 8 nitrogen and oxygen atoms in total. The first kappa shape index (κ1) is 30.2. The average molecular weight is 628 g/mol. The van der Waals surface area contributed by atoms with Crippen LogP contribution in [0.3, 0.4) is 0 Å². The topological polar surface area (TPSA) is 96.3 Å². The second kappa shape index (κ2) is 13.0. The number of rotatable bonds is 10. The lowest BCUT2D eigenvalue weighted by Crippen LogP contribution is -2.55. The maximum Gasteiger partial charge on any atom is 0.282 e. The fourth-order valence-corrected chi connectivity index (χ4v) is 8.00. The van der Waals surface area contributed by atoms with Gasteiger partial charge in [-0.3, -0.25) is 4.79 Å². The molecular weight excluding hydrogens is 589 g/mol. The third-order valence-electron chi connectivity index (χ3n) is 8.57. The quantitative estimate of drug-likeness (QED) is 0.274. The summed E-state index contributed by atoms with van der Waals surface area (Å²) in [4.78, 5) is 19.4. The molecule has 0 radical (unpaired) electrons. The lowest BCUT2D eigenvalue weighted by atomic mass is 9.80. The largest absolute Gasteiger partial charge is 0.363 e. The van der Waals surface area contributed by atoms with E-state index in [1.807, 2.05) is 24.3 Å². The zero-order valence-electron chi connectivity index (χ0n) is 24.8. The zero-order valence-corrected chi connectivity index (χ0v) is 26.4. The zero-order chi connectivity index (χ0) is 30.0. The Morgan fingerprint density at radius 3 is 2.74 bits per heavy atom. The molecule has 0 bridgehead atoms. The Hall–Kier alpha value is -2.86. The number of hydrogen-bond donors (Lipinski definition) is 1. The van der Waals surface area contributed by atoms with Crippen LogP contribution in [0.2, 0.25) is 0 Å². The van der Waals surface area contributed by atoms with Crippen LogP contribution in [0.25, 0.3) is 0 Å². The lowest BCUT2D eigenvalue weighted by molar-refractivity contribution is -0.117. The SMILES string of the molecule is CC(C)C(=Nc1nnc(CC2CCCC(c3nnc(NC(=O)CC4=CCC/C(N5CC(F)(F)C5)=C\C=C4)s3)C2)s1)C1CC1. The summed E-state index contributed by atoms with van der Waals surface area (Å²) in [5, 5.41) is 23.8. The van der Waals surface area contributed by atoms with Gasteiger partial charge in [0.15, 0.2) is 0 Å². The Balaban J connectivity index is 0.987. The first-order valence-corrected chi connectivity index (χ1v) is 17.1. The highest BCUT2D eigenvalue weighted by molar-refractivity contribution is 7.15. The van der Waals surface area contributed by atoms with Gasteiger partial charge in [-0.2, -0.15) is 0 Å². The molecule has 0 spiro atoms. The van der Waals surface area contributed by atoms with Gasteiger partial charge in [0.2, 0.25) is 16.2 Å². The molecule has 3 aliphatic carbocycles. The number of nitrogens with one attached hydrogen (secondary N) is 1. The van der Waals surface area contributed by atoms with E-state index < -0.39 is 5.92 Å². The highest BCUT2D eigenvalue weighted by atomic mass is 32.1. The minimum atomic E-state index is -2.58. The monoisotopic (exact) mass is 627 g/mol. The van der Waals surface area contributed by atoms with E-state index in [-0.39, 0.29) is 25.4 Å². The van der Waals surface area contributed by atoms with E-state index in [0.29, 0.717) is 41.6 Å². The molecule has 12 heteroatoms. The predicted molar refractivity (Wildman–Crippen MR) is 167 cm³/mol. The molecule has 43 heavy (non-hydrogen) atoms. The first-order valence-electron chi connectivity index (χ1n) is 15.4. The summed E-state index contributed by atoms with van der Waals surface area (Å²) >= 11 is 3.09. The Labute approximate surface area is 259 Å². The molecule has 3 heterocycles. The second-order valence-corrected chi connectivity index (χ2v) is 14.6. The molecule has 6 rings (SSSR count). The van der Waals surface area contributed by atoms with E-state index in [1.165, 1.54) is 36.3 Å². The number of carbonyl (C=O) groups excluding carboxylic acids is 1. The van der Waals surface area contributed by atoms with Gasteiger partial charge < -0.3 is 10.2 Å². The number of nitrogens with zero attached hydrogens (tertiary/aromatic N) is 6. The van der Waals surface area contributed by atoms with Crippen LogP contribution in [0.4, 0.5) is 19.0 Å². The molecule has 2 unspecified atom stereocenters. The van der Waals surface area contributed by atoms with Crippen LogP contribution >= 0.6 is 22.7 Å². The van der Waals surface area contributed by atoms with Gasteiger partial charge >= 0.3 is 0 Å². The molecule has 2 atom stereocenters. The van der Waals surface area contributed by atoms with E-state index >= 15 is 0 Å². The molecule has 230 valence electrons. The van der Waals surface area contributed by atoms with Crippen molar-refractivity contribution in [3.63, 3.8) is 0 Å². The predicted octanol–water partition coefficient (Wildman–Crippen LogP) is 7.48. The maximum atomic E-state index is 13.2. The van der Waals surface area contributed by atoms with Gasteiger partial charge in [0, 0.05) is 23.7 Å². The van der Waals surface area contributed by atoms with Crippen molar-refractivity contribution < 1.29 is 13.6 Å². The number of amides is 1. The van der Waals surface area contributed by atoms with Gasteiger partial charge in [-0.25, -0.2) is 13.8 Å². The summed E-state index contributed by atoms with van der Waals surface area (Å²) in [6.07, 6.45) is 17.0. The number of anilines is 1. The fraction of sp³-hybridized carbons (Fsp3) is 0.613. The number of carbonyl (C=O) groups is 1. The minimum absolute atomic E-state index is 0.135.